The number of morpholine rings is 1. The van der Waals surface area contributed by atoms with Gasteiger partial charge in [-0.05, 0) is 24.6 Å². The van der Waals surface area contributed by atoms with Crippen molar-refractivity contribution >= 4 is 17.4 Å². The molecule has 0 spiro atoms. The minimum Gasteiger partial charge on any atom is -0.507 e. The van der Waals surface area contributed by atoms with Crippen molar-refractivity contribution in [3.05, 3.63) is 64.7 Å². The average Bonchev–Trinajstić information content (AvgIpc) is 3.08. The molecular weight excluding hydrogens is 424 g/mol. The Morgan fingerprint density at radius 2 is 1.79 bits per heavy atom. The van der Waals surface area contributed by atoms with Gasteiger partial charge in [0.05, 0.1) is 37.5 Å². The highest BCUT2D eigenvalue weighted by molar-refractivity contribution is 6.46. The van der Waals surface area contributed by atoms with Gasteiger partial charge in [-0.15, -0.1) is 0 Å². The largest absolute Gasteiger partial charge is 0.507 e. The Bertz CT molecular complexity index is 1070. The number of aliphatic hydroxyl groups excluding tert-OH is 1. The molecule has 2 saturated heterocycles. The van der Waals surface area contributed by atoms with E-state index in [0.29, 0.717) is 32.1 Å². The van der Waals surface area contributed by atoms with Gasteiger partial charge in [-0.2, -0.15) is 0 Å². The van der Waals surface area contributed by atoms with E-state index in [2.05, 4.69) is 4.90 Å². The molecule has 0 saturated carbocycles. The monoisotopic (exact) mass is 452 g/mol. The summed E-state index contributed by atoms with van der Waals surface area (Å²) in [7, 11) is 1.46. The molecule has 0 radical (unpaired) electrons. The lowest BCUT2D eigenvalue weighted by Gasteiger charge is -2.31. The molecule has 2 fully saturated rings. The van der Waals surface area contributed by atoms with Crippen LogP contribution in [0.4, 0.5) is 0 Å². The number of nitrogens with zero attached hydrogens (tertiary/aromatic N) is 2. The summed E-state index contributed by atoms with van der Waals surface area (Å²) < 4.78 is 10.5. The van der Waals surface area contributed by atoms with Gasteiger partial charge in [0.2, 0.25) is 0 Å². The number of hydrogen-bond donors (Lipinski definition) is 2. The summed E-state index contributed by atoms with van der Waals surface area (Å²) >= 11 is 0. The summed E-state index contributed by atoms with van der Waals surface area (Å²) in [4.78, 5) is 29.9. The summed E-state index contributed by atoms with van der Waals surface area (Å²) in [6.45, 7) is 5.67. The van der Waals surface area contributed by atoms with Crippen molar-refractivity contribution < 1.29 is 29.3 Å². The molecule has 8 nitrogen and oxygen atoms in total. The van der Waals surface area contributed by atoms with Crippen LogP contribution < -0.4 is 4.74 Å². The molecule has 33 heavy (non-hydrogen) atoms. The number of phenols is 1. The van der Waals surface area contributed by atoms with E-state index in [1.54, 1.807) is 6.07 Å². The summed E-state index contributed by atoms with van der Waals surface area (Å²) in [5.74, 6) is -1.68. The predicted molar refractivity (Wildman–Crippen MR) is 122 cm³/mol. The van der Waals surface area contributed by atoms with Crippen LogP contribution in [0.1, 0.15) is 22.7 Å². The van der Waals surface area contributed by atoms with Crippen LogP contribution >= 0.6 is 0 Å². The van der Waals surface area contributed by atoms with Crippen molar-refractivity contribution in [1.82, 2.24) is 9.80 Å². The van der Waals surface area contributed by atoms with E-state index in [4.69, 9.17) is 9.47 Å². The molecule has 2 N–H and O–H groups in total. The fourth-order valence-corrected chi connectivity index (χ4v) is 4.26. The third-order valence-corrected chi connectivity index (χ3v) is 6.15. The Morgan fingerprint density at radius 3 is 2.42 bits per heavy atom. The molecule has 2 heterocycles. The number of benzene rings is 2. The van der Waals surface area contributed by atoms with Gasteiger partial charge in [-0.1, -0.05) is 29.8 Å². The molecule has 1 unspecified atom stereocenters. The van der Waals surface area contributed by atoms with Crippen molar-refractivity contribution in [2.75, 3.05) is 46.5 Å². The van der Waals surface area contributed by atoms with Gasteiger partial charge >= 0.3 is 0 Å². The predicted octanol–water partition coefficient (Wildman–Crippen LogP) is 2.46. The van der Waals surface area contributed by atoms with Crippen LogP contribution in [0.3, 0.4) is 0 Å². The van der Waals surface area contributed by atoms with Crippen molar-refractivity contribution in [3.63, 3.8) is 0 Å². The number of amides is 1. The number of aryl methyl sites for hydroxylation is 1. The van der Waals surface area contributed by atoms with Gasteiger partial charge in [0.15, 0.2) is 0 Å². The maximum absolute atomic E-state index is 13.1. The number of carbonyl (C=O) groups is 2. The number of likely N-dealkylation sites (tertiary alicyclic amines) is 1. The van der Waals surface area contributed by atoms with E-state index >= 15 is 0 Å². The minimum absolute atomic E-state index is 0.0358. The maximum atomic E-state index is 13.1. The summed E-state index contributed by atoms with van der Waals surface area (Å²) in [6.07, 6.45) is 0. The molecule has 4 rings (SSSR count). The van der Waals surface area contributed by atoms with Gasteiger partial charge in [0.1, 0.15) is 17.3 Å². The zero-order chi connectivity index (χ0) is 23.5. The molecule has 1 atom stereocenters. The molecular formula is C25H28N2O6. The number of Topliss-reactive ketones (excluding diaryl/α,β-unsaturated/α-hetero) is 1. The highest BCUT2D eigenvalue weighted by Gasteiger charge is 2.46. The second-order valence-electron chi connectivity index (χ2n) is 8.24. The van der Waals surface area contributed by atoms with Crippen molar-refractivity contribution in [3.8, 4) is 11.5 Å². The Hall–Kier alpha value is -3.36. The zero-order valence-electron chi connectivity index (χ0n) is 18.8. The smallest absolute Gasteiger partial charge is 0.295 e. The van der Waals surface area contributed by atoms with Crippen LogP contribution in [-0.4, -0.2) is 78.2 Å². The van der Waals surface area contributed by atoms with Gasteiger partial charge in [-0.3, -0.25) is 14.5 Å². The first-order valence-electron chi connectivity index (χ1n) is 10.9. The van der Waals surface area contributed by atoms with E-state index in [-0.39, 0.29) is 16.9 Å². The first-order valence-corrected chi connectivity index (χ1v) is 10.9. The van der Waals surface area contributed by atoms with E-state index in [9.17, 15) is 19.8 Å². The number of hydrogen-bond acceptors (Lipinski definition) is 7. The van der Waals surface area contributed by atoms with E-state index in [1.807, 2.05) is 31.2 Å². The molecule has 0 aliphatic carbocycles. The van der Waals surface area contributed by atoms with Crippen molar-refractivity contribution in [2.45, 2.75) is 13.0 Å². The number of phenolic OH excluding ortho intramolecular Hbond substituents is 1. The zero-order valence-corrected chi connectivity index (χ0v) is 18.8. The number of methoxy groups -OCH3 is 1. The lowest BCUT2D eigenvalue weighted by Crippen LogP contribution is -2.42. The number of ether oxygens (including phenoxy) is 2. The average molecular weight is 453 g/mol. The first kappa shape index (κ1) is 22.8. The number of aromatic hydroxyl groups is 1. The van der Waals surface area contributed by atoms with Crippen molar-refractivity contribution in [2.24, 2.45) is 0 Å². The SMILES string of the molecule is COc1ccc(C(O)=C2C(=O)C(=O)N(CCN3CCOCC3)C2c2ccc(C)cc2)c(O)c1. The van der Waals surface area contributed by atoms with Crippen LogP contribution in [0, 0.1) is 6.92 Å². The number of carbonyl (C=O) groups excluding carboxylic acids is 2. The van der Waals surface area contributed by atoms with Gasteiger partial charge in [-0.25, -0.2) is 0 Å². The van der Waals surface area contributed by atoms with Crippen LogP contribution in [-0.2, 0) is 14.3 Å². The molecule has 2 aliphatic heterocycles. The molecule has 174 valence electrons. The number of ketones is 1. The van der Waals surface area contributed by atoms with Gasteiger partial charge in [0.25, 0.3) is 11.7 Å². The van der Waals surface area contributed by atoms with Crippen LogP contribution in [0.15, 0.2) is 48.0 Å². The summed E-state index contributed by atoms with van der Waals surface area (Å²) in [5.41, 5.74) is 1.79. The fourth-order valence-electron chi connectivity index (χ4n) is 4.26. The molecule has 0 bridgehead atoms. The third kappa shape index (κ3) is 4.58. The normalized spacial score (nSPS) is 20.9. The lowest BCUT2D eigenvalue weighted by molar-refractivity contribution is -0.140. The number of aliphatic hydroxyl groups is 1. The fraction of sp³-hybridized carbons (Fsp3) is 0.360. The third-order valence-electron chi connectivity index (χ3n) is 6.15. The molecule has 8 heteroatoms. The minimum atomic E-state index is -0.768. The maximum Gasteiger partial charge on any atom is 0.295 e. The van der Waals surface area contributed by atoms with Gasteiger partial charge in [0, 0.05) is 32.2 Å². The van der Waals surface area contributed by atoms with Crippen LogP contribution in [0.2, 0.25) is 0 Å². The van der Waals surface area contributed by atoms with E-state index in [0.717, 1.165) is 24.2 Å². The first-order chi connectivity index (χ1) is 15.9. The molecule has 2 aromatic rings. The lowest BCUT2D eigenvalue weighted by atomic mass is 9.94. The van der Waals surface area contributed by atoms with Crippen LogP contribution in [0.5, 0.6) is 11.5 Å². The summed E-state index contributed by atoms with van der Waals surface area (Å²) in [6, 6.07) is 11.2. The highest BCUT2D eigenvalue weighted by Crippen LogP contribution is 2.41. The van der Waals surface area contributed by atoms with E-state index in [1.165, 1.54) is 24.1 Å². The van der Waals surface area contributed by atoms with Gasteiger partial charge < -0.3 is 24.6 Å². The molecule has 1 amide bonds. The standard InChI is InChI=1S/C25H28N2O6/c1-16-3-5-17(6-4-16)22-21(23(29)19-8-7-18(32-2)15-20(19)28)24(30)25(31)27(22)10-9-26-11-13-33-14-12-26/h3-8,15,22,28-29H,9-14H2,1-2H3. The second-order valence-corrected chi connectivity index (χ2v) is 8.24. The number of rotatable bonds is 6. The molecule has 2 aromatic carbocycles. The Labute approximate surface area is 192 Å². The van der Waals surface area contributed by atoms with E-state index < -0.39 is 23.5 Å². The molecule has 0 aromatic heterocycles. The Balaban J connectivity index is 1.75. The quantitative estimate of drug-likeness (QED) is 0.395. The summed E-state index contributed by atoms with van der Waals surface area (Å²) in [5, 5.41) is 21.6. The Kier molecular flexibility index (Phi) is 6.67. The van der Waals surface area contributed by atoms with Crippen LogP contribution in [0.25, 0.3) is 5.76 Å². The topological polar surface area (TPSA) is 99.5 Å². The molecule has 2 aliphatic rings. The second kappa shape index (κ2) is 9.64. The highest BCUT2D eigenvalue weighted by atomic mass is 16.5. The van der Waals surface area contributed by atoms with Crippen molar-refractivity contribution in [1.29, 1.82) is 0 Å². The Morgan fingerprint density at radius 1 is 1.09 bits per heavy atom.